The Labute approximate surface area is 124 Å². The minimum Gasteiger partial charge on any atom is -0.508 e. The highest BCUT2D eigenvalue weighted by molar-refractivity contribution is 6.07. The Kier molecular flexibility index (Phi) is 4.50. The Morgan fingerprint density at radius 3 is 2.50 bits per heavy atom. The molecule has 0 bridgehead atoms. The molecule has 1 N–H and O–H groups in total. The second kappa shape index (κ2) is 6.34. The third-order valence-corrected chi connectivity index (χ3v) is 2.65. The fraction of sp³-hybridized carbons (Fsp3) is 0.0625. The lowest BCUT2D eigenvalue weighted by atomic mass is 10.1. The van der Waals surface area contributed by atoms with Crippen molar-refractivity contribution in [3.05, 3.63) is 65.7 Å². The van der Waals surface area contributed by atoms with Crippen molar-refractivity contribution in [3.63, 3.8) is 0 Å². The zero-order valence-corrected chi connectivity index (χ0v) is 11.2. The number of hydrogen-bond donors (Lipinski definition) is 1. The highest BCUT2D eigenvalue weighted by atomic mass is 19.4. The molecule has 0 heterocycles. The zero-order valence-electron chi connectivity index (χ0n) is 11.2. The normalized spacial score (nSPS) is 11.6. The van der Waals surface area contributed by atoms with E-state index < -0.39 is 6.36 Å². The maximum absolute atomic E-state index is 12.1. The number of hydrogen-bond acceptors (Lipinski definition) is 3. The molecule has 0 aromatic heterocycles. The summed E-state index contributed by atoms with van der Waals surface area (Å²) in [7, 11) is 0. The van der Waals surface area contributed by atoms with Gasteiger partial charge in [-0.25, -0.2) is 0 Å². The zero-order chi connectivity index (χ0) is 16.2. The van der Waals surface area contributed by atoms with Crippen LogP contribution in [0.4, 0.5) is 13.2 Å². The Hall–Kier alpha value is -2.76. The molecular formula is C16H11F3O3. The monoisotopic (exact) mass is 308 g/mol. The molecule has 0 saturated heterocycles. The van der Waals surface area contributed by atoms with E-state index in [9.17, 15) is 23.1 Å². The summed E-state index contributed by atoms with van der Waals surface area (Å²) < 4.78 is 40.2. The van der Waals surface area contributed by atoms with Gasteiger partial charge in [-0.3, -0.25) is 4.79 Å². The predicted octanol–water partition coefficient (Wildman–Crippen LogP) is 4.19. The number of ketones is 1. The van der Waals surface area contributed by atoms with Gasteiger partial charge in [-0.05, 0) is 35.9 Å². The molecule has 6 heteroatoms. The molecule has 0 saturated carbocycles. The van der Waals surface area contributed by atoms with Crippen molar-refractivity contribution >= 4 is 11.9 Å². The largest absolute Gasteiger partial charge is 0.573 e. The van der Waals surface area contributed by atoms with Crippen LogP contribution in [0.15, 0.2) is 54.6 Å². The molecule has 0 aliphatic carbocycles. The third-order valence-electron chi connectivity index (χ3n) is 2.65. The number of rotatable bonds is 4. The first kappa shape index (κ1) is 15.6. The van der Waals surface area contributed by atoms with E-state index in [2.05, 4.69) is 4.74 Å². The Bertz CT molecular complexity index is 706. The number of halogens is 3. The number of alkyl halides is 3. The smallest absolute Gasteiger partial charge is 0.508 e. The van der Waals surface area contributed by atoms with Gasteiger partial charge >= 0.3 is 6.36 Å². The first-order valence-corrected chi connectivity index (χ1v) is 6.21. The molecule has 0 aliphatic heterocycles. The summed E-state index contributed by atoms with van der Waals surface area (Å²) in [5.41, 5.74) is 0.661. The molecule has 2 aromatic rings. The molecule has 2 rings (SSSR count). The first-order chi connectivity index (χ1) is 10.3. The van der Waals surface area contributed by atoms with Gasteiger partial charge in [-0.1, -0.05) is 30.3 Å². The SMILES string of the molecule is O=C(/C=C/c1cccc(OC(F)(F)F)c1)c1cccc(O)c1. The first-order valence-electron chi connectivity index (χ1n) is 6.21. The van der Waals surface area contributed by atoms with Gasteiger partial charge < -0.3 is 9.84 Å². The molecule has 0 spiro atoms. The van der Waals surface area contributed by atoms with Crippen LogP contribution in [0, 0.1) is 0 Å². The molecule has 114 valence electrons. The summed E-state index contributed by atoms with van der Waals surface area (Å²) in [6, 6.07) is 11.0. The predicted molar refractivity (Wildman–Crippen MR) is 74.6 cm³/mol. The number of phenols is 1. The number of benzene rings is 2. The van der Waals surface area contributed by atoms with Gasteiger partial charge in [0, 0.05) is 5.56 Å². The van der Waals surface area contributed by atoms with E-state index in [1.165, 1.54) is 60.7 Å². The van der Waals surface area contributed by atoms with Crippen molar-refractivity contribution in [2.24, 2.45) is 0 Å². The molecule has 0 radical (unpaired) electrons. The van der Waals surface area contributed by atoms with Gasteiger partial charge in [-0.15, -0.1) is 13.2 Å². The highest BCUT2D eigenvalue weighted by Crippen LogP contribution is 2.23. The Balaban J connectivity index is 2.13. The van der Waals surface area contributed by atoms with Crippen molar-refractivity contribution in [3.8, 4) is 11.5 Å². The van der Waals surface area contributed by atoms with Crippen LogP contribution < -0.4 is 4.74 Å². The van der Waals surface area contributed by atoms with Crippen molar-refractivity contribution < 1.29 is 27.8 Å². The van der Waals surface area contributed by atoms with Gasteiger partial charge in [0.25, 0.3) is 0 Å². The van der Waals surface area contributed by atoms with Crippen LogP contribution >= 0.6 is 0 Å². The quantitative estimate of drug-likeness (QED) is 0.680. The van der Waals surface area contributed by atoms with Gasteiger partial charge in [0.1, 0.15) is 11.5 Å². The lowest BCUT2D eigenvalue weighted by Crippen LogP contribution is -2.17. The van der Waals surface area contributed by atoms with E-state index in [-0.39, 0.29) is 22.8 Å². The number of carbonyl (C=O) groups is 1. The molecular weight excluding hydrogens is 297 g/mol. The summed E-state index contributed by atoms with van der Waals surface area (Å²) in [4.78, 5) is 11.9. The minimum absolute atomic E-state index is 0.0418. The highest BCUT2D eigenvalue weighted by Gasteiger charge is 2.30. The number of aromatic hydroxyl groups is 1. The van der Waals surface area contributed by atoms with Gasteiger partial charge in [-0.2, -0.15) is 0 Å². The van der Waals surface area contributed by atoms with Gasteiger partial charge in [0.05, 0.1) is 0 Å². The third kappa shape index (κ3) is 4.66. The number of ether oxygens (including phenoxy) is 1. The van der Waals surface area contributed by atoms with Crippen LogP contribution in [0.3, 0.4) is 0 Å². The average molecular weight is 308 g/mol. The molecule has 2 aromatic carbocycles. The molecule has 0 fully saturated rings. The van der Waals surface area contributed by atoms with Gasteiger partial charge in [0.15, 0.2) is 5.78 Å². The van der Waals surface area contributed by atoms with E-state index in [0.717, 1.165) is 0 Å². The second-order valence-corrected chi connectivity index (χ2v) is 4.37. The minimum atomic E-state index is -4.76. The van der Waals surface area contributed by atoms with Crippen molar-refractivity contribution in [2.75, 3.05) is 0 Å². The molecule has 22 heavy (non-hydrogen) atoms. The fourth-order valence-electron chi connectivity index (χ4n) is 1.74. The van der Waals surface area contributed by atoms with E-state index >= 15 is 0 Å². The lowest BCUT2D eigenvalue weighted by molar-refractivity contribution is -0.274. The van der Waals surface area contributed by atoms with Crippen molar-refractivity contribution in [1.82, 2.24) is 0 Å². The molecule has 0 atom stereocenters. The fourth-order valence-corrected chi connectivity index (χ4v) is 1.74. The van der Waals surface area contributed by atoms with Crippen LogP contribution in [-0.2, 0) is 0 Å². The van der Waals surface area contributed by atoms with E-state index in [4.69, 9.17) is 0 Å². The summed E-state index contributed by atoms with van der Waals surface area (Å²) in [6.07, 6.45) is -2.18. The summed E-state index contributed by atoms with van der Waals surface area (Å²) in [6.45, 7) is 0. The molecule has 3 nitrogen and oxygen atoms in total. The maximum atomic E-state index is 12.1. The standard InChI is InChI=1S/C16H11F3O3/c17-16(18,19)22-14-6-1-3-11(9-14)7-8-15(21)12-4-2-5-13(20)10-12/h1-10,20H/b8-7+. The van der Waals surface area contributed by atoms with Crippen LogP contribution in [0.2, 0.25) is 0 Å². The van der Waals surface area contributed by atoms with Crippen LogP contribution in [-0.4, -0.2) is 17.3 Å². The Morgan fingerprint density at radius 1 is 1.09 bits per heavy atom. The average Bonchev–Trinajstić information content (AvgIpc) is 2.43. The van der Waals surface area contributed by atoms with E-state index in [0.29, 0.717) is 5.56 Å². The molecule has 0 unspecified atom stereocenters. The topological polar surface area (TPSA) is 46.5 Å². The molecule has 0 aliphatic rings. The number of carbonyl (C=O) groups excluding carboxylic acids is 1. The van der Waals surface area contributed by atoms with Crippen LogP contribution in [0.1, 0.15) is 15.9 Å². The van der Waals surface area contributed by atoms with Gasteiger partial charge in [0.2, 0.25) is 0 Å². The maximum Gasteiger partial charge on any atom is 0.573 e. The van der Waals surface area contributed by atoms with E-state index in [1.54, 1.807) is 0 Å². The van der Waals surface area contributed by atoms with Crippen molar-refractivity contribution in [1.29, 1.82) is 0 Å². The number of allylic oxidation sites excluding steroid dienone is 1. The number of phenolic OH excluding ortho intramolecular Hbond substituents is 1. The summed E-state index contributed by atoms with van der Waals surface area (Å²) in [5.74, 6) is -0.780. The van der Waals surface area contributed by atoms with Crippen LogP contribution in [0.25, 0.3) is 6.08 Å². The van der Waals surface area contributed by atoms with Crippen molar-refractivity contribution in [2.45, 2.75) is 6.36 Å². The van der Waals surface area contributed by atoms with Crippen LogP contribution in [0.5, 0.6) is 11.5 Å². The second-order valence-electron chi connectivity index (χ2n) is 4.37. The van der Waals surface area contributed by atoms with E-state index in [1.807, 2.05) is 0 Å². The molecule has 0 amide bonds. The Morgan fingerprint density at radius 2 is 1.82 bits per heavy atom. The lowest BCUT2D eigenvalue weighted by Gasteiger charge is -2.08. The summed E-state index contributed by atoms with van der Waals surface area (Å²) in [5, 5.41) is 9.29. The summed E-state index contributed by atoms with van der Waals surface area (Å²) >= 11 is 0.